The molecule has 0 aromatic carbocycles. The lowest BCUT2D eigenvalue weighted by molar-refractivity contribution is 0.127. The van der Waals surface area contributed by atoms with Crippen molar-refractivity contribution in [2.24, 2.45) is 0 Å². The van der Waals surface area contributed by atoms with Crippen molar-refractivity contribution < 1.29 is 0 Å². The Morgan fingerprint density at radius 2 is 1.94 bits per heavy atom. The van der Waals surface area contributed by atoms with Crippen LogP contribution >= 0.6 is 11.6 Å². The fourth-order valence-corrected chi connectivity index (χ4v) is 2.44. The van der Waals surface area contributed by atoms with Gasteiger partial charge in [0.15, 0.2) is 0 Å². The van der Waals surface area contributed by atoms with E-state index in [4.69, 9.17) is 11.6 Å². The number of aromatic nitrogens is 1. The smallest absolute Gasteiger partial charge is 0.133 e. The normalized spacial score (nSPS) is 18.5. The largest absolute Gasteiger partial charge is 0.301 e. The number of halogens is 1. The van der Waals surface area contributed by atoms with Gasteiger partial charge in [-0.2, -0.15) is 0 Å². The summed E-state index contributed by atoms with van der Waals surface area (Å²) in [6.07, 6.45) is 2.99. The van der Waals surface area contributed by atoms with E-state index in [2.05, 4.69) is 27.8 Å². The zero-order valence-corrected chi connectivity index (χ0v) is 11.2. The highest BCUT2D eigenvalue weighted by atomic mass is 35.5. The fourth-order valence-electron chi connectivity index (χ4n) is 2.27. The molecule has 0 radical (unpaired) electrons. The minimum atomic E-state index is 0.642. The third-order valence-electron chi connectivity index (χ3n) is 3.24. The lowest BCUT2D eigenvalue weighted by Crippen LogP contribution is -2.46. The van der Waals surface area contributed by atoms with Crippen LogP contribution in [0, 0.1) is 0 Å². The summed E-state index contributed by atoms with van der Waals surface area (Å²) in [7, 11) is 0. The predicted molar refractivity (Wildman–Crippen MR) is 71.3 cm³/mol. The number of hydrogen-bond donors (Lipinski definition) is 0. The molecular formula is C13H20ClN3. The highest BCUT2D eigenvalue weighted by Crippen LogP contribution is 2.15. The Hall–Kier alpha value is -0.640. The van der Waals surface area contributed by atoms with Crippen LogP contribution in [0.25, 0.3) is 0 Å². The molecule has 1 saturated heterocycles. The molecule has 1 fully saturated rings. The molecule has 1 aromatic rings. The Labute approximate surface area is 108 Å². The van der Waals surface area contributed by atoms with Crippen molar-refractivity contribution in [3.8, 4) is 0 Å². The molecule has 3 nitrogen and oxygen atoms in total. The van der Waals surface area contributed by atoms with E-state index in [1.807, 2.05) is 6.07 Å². The predicted octanol–water partition coefficient (Wildman–Crippen LogP) is 2.26. The topological polar surface area (TPSA) is 19.4 Å². The second-order valence-electron chi connectivity index (χ2n) is 4.57. The number of piperazine rings is 1. The number of hydrogen-bond acceptors (Lipinski definition) is 3. The molecule has 94 valence electrons. The molecule has 0 unspecified atom stereocenters. The van der Waals surface area contributed by atoms with Gasteiger partial charge in [0.1, 0.15) is 5.15 Å². The first-order valence-corrected chi connectivity index (χ1v) is 6.71. The lowest BCUT2D eigenvalue weighted by atomic mass is 10.2. The zero-order valence-electron chi connectivity index (χ0n) is 10.4. The van der Waals surface area contributed by atoms with Gasteiger partial charge in [-0.25, -0.2) is 4.98 Å². The Morgan fingerprint density at radius 1 is 1.24 bits per heavy atom. The van der Waals surface area contributed by atoms with Crippen LogP contribution in [-0.2, 0) is 6.54 Å². The summed E-state index contributed by atoms with van der Waals surface area (Å²) in [5, 5.41) is 0.642. The first-order chi connectivity index (χ1) is 8.29. The Morgan fingerprint density at radius 3 is 2.59 bits per heavy atom. The minimum Gasteiger partial charge on any atom is -0.301 e. The summed E-state index contributed by atoms with van der Waals surface area (Å²) in [5.74, 6) is 0. The fraction of sp³-hybridized carbons (Fsp3) is 0.615. The maximum absolute atomic E-state index is 6.07. The van der Waals surface area contributed by atoms with Gasteiger partial charge in [-0.1, -0.05) is 24.6 Å². The second-order valence-corrected chi connectivity index (χ2v) is 4.93. The van der Waals surface area contributed by atoms with Crippen LogP contribution in [0.3, 0.4) is 0 Å². The maximum atomic E-state index is 6.07. The van der Waals surface area contributed by atoms with Gasteiger partial charge in [0.2, 0.25) is 0 Å². The monoisotopic (exact) mass is 253 g/mol. The SMILES string of the molecule is CCCN1CCN(Cc2cccnc2Cl)CC1. The van der Waals surface area contributed by atoms with Crippen molar-refractivity contribution in [3.63, 3.8) is 0 Å². The van der Waals surface area contributed by atoms with Gasteiger partial charge in [0.05, 0.1) is 0 Å². The van der Waals surface area contributed by atoms with Crippen molar-refractivity contribution >= 4 is 11.6 Å². The van der Waals surface area contributed by atoms with E-state index in [-0.39, 0.29) is 0 Å². The third-order valence-corrected chi connectivity index (χ3v) is 3.58. The highest BCUT2D eigenvalue weighted by Gasteiger charge is 2.16. The maximum Gasteiger partial charge on any atom is 0.133 e. The molecule has 4 heteroatoms. The molecule has 0 amide bonds. The van der Waals surface area contributed by atoms with Crippen LogP contribution in [0.5, 0.6) is 0 Å². The Balaban J connectivity index is 1.84. The van der Waals surface area contributed by atoms with E-state index < -0.39 is 0 Å². The zero-order chi connectivity index (χ0) is 12.1. The molecule has 2 rings (SSSR count). The van der Waals surface area contributed by atoms with E-state index in [9.17, 15) is 0 Å². The van der Waals surface area contributed by atoms with E-state index in [0.717, 1.165) is 25.2 Å². The second kappa shape index (κ2) is 6.34. The molecule has 1 aromatic heterocycles. The van der Waals surface area contributed by atoms with Gasteiger partial charge in [-0.3, -0.25) is 4.90 Å². The minimum absolute atomic E-state index is 0.642. The molecule has 0 bridgehead atoms. The summed E-state index contributed by atoms with van der Waals surface area (Å²) >= 11 is 6.07. The van der Waals surface area contributed by atoms with E-state index >= 15 is 0 Å². The number of nitrogens with zero attached hydrogens (tertiary/aromatic N) is 3. The third kappa shape index (κ3) is 3.66. The van der Waals surface area contributed by atoms with Crippen molar-refractivity contribution in [1.82, 2.24) is 14.8 Å². The quantitative estimate of drug-likeness (QED) is 0.768. The van der Waals surface area contributed by atoms with Crippen LogP contribution in [0.1, 0.15) is 18.9 Å². The molecule has 0 atom stereocenters. The van der Waals surface area contributed by atoms with Crippen molar-refractivity contribution in [1.29, 1.82) is 0 Å². The molecular weight excluding hydrogens is 234 g/mol. The molecule has 1 aliphatic rings. The van der Waals surface area contributed by atoms with Gasteiger partial charge in [0.25, 0.3) is 0 Å². The van der Waals surface area contributed by atoms with Gasteiger partial charge in [0, 0.05) is 44.5 Å². The summed E-state index contributed by atoms with van der Waals surface area (Å²) in [4.78, 5) is 9.10. The summed E-state index contributed by atoms with van der Waals surface area (Å²) in [5.41, 5.74) is 1.14. The van der Waals surface area contributed by atoms with Crippen molar-refractivity contribution in [2.75, 3.05) is 32.7 Å². The summed E-state index contributed by atoms with van der Waals surface area (Å²) < 4.78 is 0. The molecule has 2 heterocycles. The molecule has 17 heavy (non-hydrogen) atoms. The standard InChI is InChI=1S/C13H20ClN3/c1-2-6-16-7-9-17(10-8-16)11-12-4-3-5-15-13(12)14/h3-5H,2,6-11H2,1H3. The first kappa shape index (κ1) is 12.8. The van der Waals surface area contributed by atoms with Crippen LogP contribution in [0.2, 0.25) is 5.15 Å². The van der Waals surface area contributed by atoms with Crippen molar-refractivity contribution in [2.45, 2.75) is 19.9 Å². The van der Waals surface area contributed by atoms with Crippen LogP contribution in [-0.4, -0.2) is 47.5 Å². The molecule has 0 N–H and O–H groups in total. The summed E-state index contributed by atoms with van der Waals surface area (Å²) in [6, 6.07) is 4.02. The first-order valence-electron chi connectivity index (χ1n) is 6.33. The highest BCUT2D eigenvalue weighted by molar-refractivity contribution is 6.30. The average molecular weight is 254 g/mol. The van der Waals surface area contributed by atoms with Gasteiger partial charge in [-0.15, -0.1) is 0 Å². The van der Waals surface area contributed by atoms with Gasteiger partial charge < -0.3 is 4.90 Å². The molecule has 0 spiro atoms. The Kier molecular flexibility index (Phi) is 4.77. The van der Waals surface area contributed by atoms with Crippen LogP contribution in [0.4, 0.5) is 0 Å². The molecule has 1 aliphatic heterocycles. The lowest BCUT2D eigenvalue weighted by Gasteiger charge is -2.34. The van der Waals surface area contributed by atoms with Crippen LogP contribution in [0.15, 0.2) is 18.3 Å². The average Bonchev–Trinajstić information content (AvgIpc) is 2.35. The van der Waals surface area contributed by atoms with E-state index in [1.165, 1.54) is 26.1 Å². The summed E-state index contributed by atoms with van der Waals surface area (Å²) in [6.45, 7) is 8.99. The number of rotatable bonds is 4. The Bertz CT molecular complexity index is 348. The van der Waals surface area contributed by atoms with Crippen molar-refractivity contribution in [3.05, 3.63) is 29.0 Å². The van der Waals surface area contributed by atoms with Gasteiger partial charge in [-0.05, 0) is 19.0 Å². The molecule has 0 aliphatic carbocycles. The van der Waals surface area contributed by atoms with Crippen LogP contribution < -0.4 is 0 Å². The van der Waals surface area contributed by atoms with Gasteiger partial charge >= 0.3 is 0 Å². The molecule has 0 saturated carbocycles. The number of pyridine rings is 1. The van der Waals surface area contributed by atoms with E-state index in [0.29, 0.717) is 5.15 Å². The van der Waals surface area contributed by atoms with E-state index in [1.54, 1.807) is 6.20 Å².